The Balaban J connectivity index is 1.79. The van der Waals surface area contributed by atoms with Crippen molar-refractivity contribution in [2.24, 2.45) is 0 Å². The highest BCUT2D eigenvalue weighted by molar-refractivity contribution is 7.20. The number of rotatable bonds is 2. The second kappa shape index (κ2) is 4.71. The van der Waals surface area contributed by atoms with Crippen LogP contribution in [0, 0.1) is 0 Å². The lowest BCUT2D eigenvalue weighted by Crippen LogP contribution is -2.02. The van der Waals surface area contributed by atoms with Gasteiger partial charge in [-0.15, -0.1) is 0 Å². The SMILES string of the molecule is O=c1oc2ccccc2cc1Oc1nc2ccccc2s1. The van der Waals surface area contributed by atoms with Gasteiger partial charge < -0.3 is 9.15 Å². The van der Waals surface area contributed by atoms with Gasteiger partial charge in [-0.1, -0.05) is 41.7 Å². The van der Waals surface area contributed by atoms with Crippen LogP contribution in [-0.2, 0) is 0 Å². The molecule has 0 saturated heterocycles. The molecule has 0 spiro atoms. The van der Waals surface area contributed by atoms with Crippen LogP contribution in [0.4, 0.5) is 0 Å². The first-order valence-corrected chi connectivity index (χ1v) is 7.17. The summed E-state index contributed by atoms with van der Waals surface area (Å²) in [5, 5.41) is 1.24. The van der Waals surface area contributed by atoms with Crippen LogP contribution in [0.25, 0.3) is 21.2 Å². The lowest BCUT2D eigenvalue weighted by atomic mass is 10.2. The molecule has 4 nitrogen and oxygen atoms in total. The Labute approximate surface area is 123 Å². The Morgan fingerprint density at radius 1 is 1.05 bits per heavy atom. The predicted molar refractivity (Wildman–Crippen MR) is 82.2 cm³/mol. The van der Waals surface area contributed by atoms with Crippen molar-refractivity contribution in [1.29, 1.82) is 0 Å². The molecule has 0 amide bonds. The van der Waals surface area contributed by atoms with Crippen molar-refractivity contribution >= 4 is 32.5 Å². The predicted octanol–water partition coefficient (Wildman–Crippen LogP) is 4.20. The van der Waals surface area contributed by atoms with E-state index in [9.17, 15) is 4.79 Å². The van der Waals surface area contributed by atoms with Gasteiger partial charge in [0, 0.05) is 5.39 Å². The average molecular weight is 295 g/mol. The fourth-order valence-electron chi connectivity index (χ4n) is 2.10. The summed E-state index contributed by atoms with van der Waals surface area (Å²) in [5.74, 6) is 0.146. The van der Waals surface area contributed by atoms with Gasteiger partial charge in [0.1, 0.15) is 5.58 Å². The Hall–Kier alpha value is -2.66. The zero-order valence-electron chi connectivity index (χ0n) is 10.8. The van der Waals surface area contributed by atoms with E-state index >= 15 is 0 Å². The highest BCUT2D eigenvalue weighted by Gasteiger charge is 2.10. The van der Waals surface area contributed by atoms with Crippen LogP contribution < -0.4 is 10.4 Å². The number of hydrogen-bond donors (Lipinski definition) is 0. The molecule has 0 unspecified atom stereocenters. The van der Waals surface area contributed by atoms with Crippen LogP contribution in [-0.4, -0.2) is 4.98 Å². The van der Waals surface area contributed by atoms with E-state index in [1.807, 2.05) is 42.5 Å². The summed E-state index contributed by atoms with van der Waals surface area (Å²) >= 11 is 1.39. The number of ether oxygens (including phenoxy) is 1. The van der Waals surface area contributed by atoms with Gasteiger partial charge in [0.15, 0.2) is 0 Å². The first-order chi connectivity index (χ1) is 10.3. The standard InChI is InChI=1S/C16H9NO3S/c18-15-13(9-10-5-1-3-7-12(10)19-15)20-16-17-11-6-2-4-8-14(11)21-16/h1-9H. The highest BCUT2D eigenvalue weighted by Crippen LogP contribution is 2.30. The van der Waals surface area contributed by atoms with E-state index in [4.69, 9.17) is 9.15 Å². The van der Waals surface area contributed by atoms with Gasteiger partial charge in [-0.05, 0) is 24.3 Å². The molecule has 0 bridgehead atoms. The maximum Gasteiger partial charge on any atom is 0.379 e. The van der Waals surface area contributed by atoms with E-state index in [2.05, 4.69) is 4.98 Å². The highest BCUT2D eigenvalue weighted by atomic mass is 32.1. The maximum atomic E-state index is 11.9. The summed E-state index contributed by atoms with van der Waals surface area (Å²) in [7, 11) is 0. The summed E-state index contributed by atoms with van der Waals surface area (Å²) in [5.41, 5.74) is 0.884. The maximum absolute atomic E-state index is 11.9. The zero-order valence-corrected chi connectivity index (χ0v) is 11.6. The molecule has 4 aromatic rings. The van der Waals surface area contributed by atoms with E-state index in [-0.39, 0.29) is 5.75 Å². The van der Waals surface area contributed by atoms with Crippen molar-refractivity contribution in [3.63, 3.8) is 0 Å². The minimum Gasteiger partial charge on any atom is -0.423 e. The monoisotopic (exact) mass is 295 g/mol. The first kappa shape index (κ1) is 12.1. The second-order valence-corrected chi connectivity index (χ2v) is 5.48. The average Bonchev–Trinajstić information content (AvgIpc) is 2.90. The van der Waals surface area contributed by atoms with Crippen molar-refractivity contribution in [2.45, 2.75) is 0 Å². The molecule has 2 aromatic heterocycles. The van der Waals surface area contributed by atoms with Gasteiger partial charge in [0.25, 0.3) is 5.19 Å². The van der Waals surface area contributed by atoms with Crippen LogP contribution >= 0.6 is 11.3 Å². The van der Waals surface area contributed by atoms with Crippen LogP contribution in [0.15, 0.2) is 63.8 Å². The molecule has 102 valence electrons. The van der Waals surface area contributed by atoms with Gasteiger partial charge in [-0.25, -0.2) is 9.78 Å². The number of hydrogen-bond acceptors (Lipinski definition) is 5. The Kier molecular flexibility index (Phi) is 2.72. The van der Waals surface area contributed by atoms with Crippen LogP contribution in [0.2, 0.25) is 0 Å². The largest absolute Gasteiger partial charge is 0.423 e. The summed E-state index contributed by atoms with van der Waals surface area (Å²) < 4.78 is 11.9. The minimum absolute atomic E-state index is 0.146. The Bertz CT molecular complexity index is 970. The lowest BCUT2D eigenvalue weighted by Gasteiger charge is -2.01. The number of nitrogens with zero attached hydrogens (tertiary/aromatic N) is 1. The molecular formula is C16H9NO3S. The summed E-state index contributed by atoms with van der Waals surface area (Å²) in [6, 6.07) is 16.7. The van der Waals surface area contributed by atoms with E-state index < -0.39 is 5.63 Å². The number of benzene rings is 2. The second-order valence-electron chi connectivity index (χ2n) is 4.49. The third kappa shape index (κ3) is 2.17. The van der Waals surface area contributed by atoms with Crippen molar-refractivity contribution < 1.29 is 9.15 Å². The van der Waals surface area contributed by atoms with Gasteiger partial charge in [-0.2, -0.15) is 0 Å². The van der Waals surface area contributed by atoms with Crippen LogP contribution in [0.3, 0.4) is 0 Å². The molecule has 5 heteroatoms. The fourth-order valence-corrected chi connectivity index (χ4v) is 2.93. The normalized spacial score (nSPS) is 11.0. The molecule has 0 saturated carbocycles. The van der Waals surface area contributed by atoms with Crippen molar-refractivity contribution in [1.82, 2.24) is 4.98 Å². The van der Waals surface area contributed by atoms with E-state index in [0.717, 1.165) is 15.6 Å². The third-order valence-corrected chi connectivity index (χ3v) is 4.00. The number of thiazole rings is 1. The van der Waals surface area contributed by atoms with E-state index in [1.165, 1.54) is 11.3 Å². The van der Waals surface area contributed by atoms with Crippen LogP contribution in [0.5, 0.6) is 10.9 Å². The zero-order chi connectivity index (χ0) is 14.2. The molecule has 21 heavy (non-hydrogen) atoms. The first-order valence-electron chi connectivity index (χ1n) is 6.36. The topological polar surface area (TPSA) is 52.3 Å². The molecule has 0 aliphatic heterocycles. The quantitative estimate of drug-likeness (QED) is 0.520. The summed E-state index contributed by atoms with van der Waals surface area (Å²) in [6.07, 6.45) is 0. The summed E-state index contributed by atoms with van der Waals surface area (Å²) in [4.78, 5) is 16.3. The number of aromatic nitrogens is 1. The van der Waals surface area contributed by atoms with Crippen LogP contribution in [0.1, 0.15) is 0 Å². The van der Waals surface area contributed by atoms with Crippen molar-refractivity contribution in [2.75, 3.05) is 0 Å². The molecule has 0 atom stereocenters. The molecule has 0 radical (unpaired) electrons. The molecular weight excluding hydrogens is 286 g/mol. The number of para-hydroxylation sites is 2. The van der Waals surface area contributed by atoms with E-state index in [0.29, 0.717) is 10.8 Å². The molecule has 2 aromatic carbocycles. The van der Waals surface area contributed by atoms with Gasteiger partial charge >= 0.3 is 5.63 Å². The molecule has 2 heterocycles. The molecule has 0 aliphatic carbocycles. The Morgan fingerprint density at radius 3 is 2.76 bits per heavy atom. The molecule has 0 aliphatic rings. The Morgan fingerprint density at radius 2 is 1.86 bits per heavy atom. The van der Waals surface area contributed by atoms with Crippen molar-refractivity contribution in [3.05, 3.63) is 65.0 Å². The van der Waals surface area contributed by atoms with Gasteiger partial charge in [-0.3, -0.25) is 0 Å². The van der Waals surface area contributed by atoms with Crippen molar-refractivity contribution in [3.8, 4) is 10.9 Å². The van der Waals surface area contributed by atoms with Gasteiger partial charge in [0.2, 0.25) is 5.75 Å². The van der Waals surface area contributed by atoms with E-state index in [1.54, 1.807) is 12.1 Å². The third-order valence-electron chi connectivity index (χ3n) is 3.08. The lowest BCUT2D eigenvalue weighted by molar-refractivity contribution is 0.436. The minimum atomic E-state index is -0.507. The molecule has 0 N–H and O–H groups in total. The smallest absolute Gasteiger partial charge is 0.379 e. The molecule has 0 fully saturated rings. The van der Waals surface area contributed by atoms with Gasteiger partial charge in [0.05, 0.1) is 10.2 Å². The molecule has 4 rings (SSSR count). The fraction of sp³-hybridized carbons (Fsp3) is 0. The number of fused-ring (bicyclic) bond motifs is 2. The summed E-state index contributed by atoms with van der Waals surface area (Å²) in [6.45, 7) is 0.